The first-order valence-electron chi connectivity index (χ1n) is 9.47. The van der Waals surface area contributed by atoms with Gasteiger partial charge in [0.25, 0.3) is 0 Å². The molecule has 1 atom stereocenters. The topological polar surface area (TPSA) is 61.4 Å². The Bertz CT molecular complexity index is 1110. The van der Waals surface area contributed by atoms with Gasteiger partial charge in [0, 0.05) is 12.7 Å². The monoisotopic (exact) mass is 439 g/mol. The molecule has 2 N–H and O–H groups in total. The van der Waals surface area contributed by atoms with Crippen LogP contribution in [0.15, 0.2) is 78.9 Å². The van der Waals surface area contributed by atoms with Crippen molar-refractivity contribution in [1.29, 1.82) is 0 Å². The third-order valence-corrected chi connectivity index (χ3v) is 6.21. The van der Waals surface area contributed by atoms with E-state index in [4.69, 9.17) is 12.2 Å². The first kappa shape index (κ1) is 21.8. The molecule has 0 aromatic heterocycles. The zero-order valence-electron chi connectivity index (χ0n) is 17.2. The Kier molecular flexibility index (Phi) is 6.74. The Balaban J connectivity index is 1.81. The summed E-state index contributed by atoms with van der Waals surface area (Å²) in [7, 11) is -1.82. The Hall–Kier alpha value is -2.90. The lowest BCUT2D eigenvalue weighted by molar-refractivity contribution is 0.600. The predicted molar refractivity (Wildman–Crippen MR) is 129 cm³/mol. The van der Waals surface area contributed by atoms with E-state index in [2.05, 4.69) is 54.0 Å². The molecule has 0 saturated carbocycles. The fraction of sp³-hybridized carbons (Fsp3) is 0.174. The number of thiocarbonyl (C=S) groups is 1. The number of anilines is 2. The quantitative estimate of drug-likeness (QED) is 0.555. The van der Waals surface area contributed by atoms with Gasteiger partial charge in [-0.05, 0) is 48.5 Å². The maximum atomic E-state index is 11.8. The molecule has 3 rings (SSSR count). The number of aryl methyl sites for hydroxylation is 1. The van der Waals surface area contributed by atoms with E-state index >= 15 is 0 Å². The van der Waals surface area contributed by atoms with Crippen LogP contribution in [0.5, 0.6) is 0 Å². The maximum Gasteiger partial charge on any atom is 0.231 e. The number of rotatable bonds is 6. The summed E-state index contributed by atoms with van der Waals surface area (Å²) in [6, 6.07) is 25.4. The van der Waals surface area contributed by atoms with Crippen LogP contribution in [0.1, 0.15) is 22.7 Å². The standard InChI is InChI=1S/C23H25N3O2S2/c1-17-12-14-19(15-13-17)22(18-8-5-4-6-9-18)25-23(29)24-20-10-7-11-21(16-20)26(2)30(3,27)28/h4-16,22H,1-3H3,(H2,24,25,29)/t22-/m0/s1. The highest BCUT2D eigenvalue weighted by Gasteiger charge is 2.16. The summed E-state index contributed by atoms with van der Waals surface area (Å²) in [6.07, 6.45) is 1.17. The molecule has 0 aliphatic heterocycles. The summed E-state index contributed by atoms with van der Waals surface area (Å²) < 4.78 is 24.9. The molecule has 3 aromatic carbocycles. The molecule has 0 radical (unpaired) electrons. The zero-order chi connectivity index (χ0) is 21.7. The van der Waals surface area contributed by atoms with Crippen molar-refractivity contribution in [3.63, 3.8) is 0 Å². The predicted octanol–water partition coefficient (Wildman–Crippen LogP) is 4.47. The largest absolute Gasteiger partial charge is 0.352 e. The molecule has 0 bridgehead atoms. The molecule has 0 saturated heterocycles. The van der Waals surface area contributed by atoms with Gasteiger partial charge in [-0.15, -0.1) is 0 Å². The van der Waals surface area contributed by atoms with Crippen LogP contribution in [0.2, 0.25) is 0 Å². The summed E-state index contributed by atoms with van der Waals surface area (Å²) in [4.78, 5) is 0. The average molecular weight is 440 g/mol. The van der Waals surface area contributed by atoms with Crippen LogP contribution in [0.4, 0.5) is 11.4 Å². The SMILES string of the molecule is Cc1ccc([C@@H](NC(=S)Nc2cccc(N(C)S(C)(=O)=O)c2)c2ccccc2)cc1. The van der Waals surface area contributed by atoms with Crippen molar-refractivity contribution < 1.29 is 8.42 Å². The Labute approximate surface area is 183 Å². The lowest BCUT2D eigenvalue weighted by Crippen LogP contribution is -2.33. The van der Waals surface area contributed by atoms with Crippen molar-refractivity contribution >= 4 is 38.7 Å². The van der Waals surface area contributed by atoms with Gasteiger partial charge in [0.1, 0.15) is 0 Å². The number of sulfonamides is 1. The van der Waals surface area contributed by atoms with Crippen LogP contribution < -0.4 is 14.9 Å². The summed E-state index contributed by atoms with van der Waals surface area (Å²) in [5.41, 5.74) is 4.65. The third kappa shape index (κ3) is 5.58. The fourth-order valence-electron chi connectivity index (χ4n) is 3.03. The Morgan fingerprint density at radius 3 is 2.20 bits per heavy atom. The summed E-state index contributed by atoms with van der Waals surface area (Å²) in [5, 5.41) is 7.00. The van der Waals surface area contributed by atoms with Gasteiger partial charge in [-0.25, -0.2) is 8.42 Å². The van der Waals surface area contributed by atoms with Gasteiger partial charge >= 0.3 is 0 Å². The van der Waals surface area contributed by atoms with Crippen molar-refractivity contribution in [2.45, 2.75) is 13.0 Å². The van der Waals surface area contributed by atoms with Crippen molar-refractivity contribution in [2.75, 3.05) is 22.9 Å². The third-order valence-electron chi connectivity index (χ3n) is 4.78. The molecule has 5 nitrogen and oxygen atoms in total. The maximum absolute atomic E-state index is 11.8. The van der Waals surface area contributed by atoms with Crippen LogP contribution in [0.3, 0.4) is 0 Å². The number of hydrogen-bond acceptors (Lipinski definition) is 3. The molecular weight excluding hydrogens is 414 g/mol. The van der Waals surface area contributed by atoms with Gasteiger partial charge in [-0.2, -0.15) is 0 Å². The smallest absolute Gasteiger partial charge is 0.231 e. The molecular formula is C23H25N3O2S2. The lowest BCUT2D eigenvalue weighted by atomic mass is 9.98. The Morgan fingerprint density at radius 1 is 0.933 bits per heavy atom. The summed E-state index contributed by atoms with van der Waals surface area (Å²) in [5.74, 6) is 0. The molecule has 3 aromatic rings. The molecule has 0 spiro atoms. The molecule has 0 aliphatic carbocycles. The summed E-state index contributed by atoms with van der Waals surface area (Å²) >= 11 is 5.57. The van der Waals surface area contributed by atoms with E-state index in [1.54, 1.807) is 18.2 Å². The Morgan fingerprint density at radius 2 is 1.57 bits per heavy atom. The molecule has 0 unspecified atom stereocenters. The van der Waals surface area contributed by atoms with Gasteiger partial charge in [0.2, 0.25) is 10.0 Å². The van der Waals surface area contributed by atoms with E-state index in [-0.39, 0.29) is 6.04 Å². The molecule has 156 valence electrons. The number of hydrogen-bond donors (Lipinski definition) is 2. The number of nitrogens with zero attached hydrogens (tertiary/aromatic N) is 1. The lowest BCUT2D eigenvalue weighted by Gasteiger charge is -2.23. The number of benzene rings is 3. The second kappa shape index (κ2) is 9.28. The van der Waals surface area contributed by atoms with E-state index < -0.39 is 10.0 Å². The van der Waals surface area contributed by atoms with E-state index in [1.165, 1.54) is 23.2 Å². The van der Waals surface area contributed by atoms with E-state index in [9.17, 15) is 8.42 Å². The molecule has 7 heteroatoms. The van der Waals surface area contributed by atoms with Crippen molar-refractivity contribution in [1.82, 2.24) is 5.32 Å². The highest BCUT2D eigenvalue weighted by atomic mass is 32.2. The minimum absolute atomic E-state index is 0.117. The fourth-order valence-corrected chi connectivity index (χ4v) is 3.77. The molecule has 30 heavy (non-hydrogen) atoms. The molecule has 0 amide bonds. The molecule has 0 aliphatic rings. The van der Waals surface area contributed by atoms with Crippen LogP contribution in [-0.2, 0) is 10.0 Å². The first-order chi connectivity index (χ1) is 14.2. The minimum atomic E-state index is -3.34. The average Bonchev–Trinajstić information content (AvgIpc) is 2.72. The van der Waals surface area contributed by atoms with E-state index in [0.29, 0.717) is 16.5 Å². The second-order valence-electron chi connectivity index (χ2n) is 7.13. The van der Waals surface area contributed by atoms with E-state index in [0.717, 1.165) is 11.1 Å². The highest BCUT2D eigenvalue weighted by molar-refractivity contribution is 7.92. The van der Waals surface area contributed by atoms with Gasteiger partial charge in [0.05, 0.1) is 18.0 Å². The first-order valence-corrected chi connectivity index (χ1v) is 11.7. The van der Waals surface area contributed by atoms with Gasteiger partial charge in [0.15, 0.2) is 5.11 Å². The second-order valence-corrected chi connectivity index (χ2v) is 9.56. The van der Waals surface area contributed by atoms with Gasteiger partial charge in [-0.1, -0.05) is 66.2 Å². The van der Waals surface area contributed by atoms with E-state index in [1.807, 2.05) is 24.3 Å². The normalized spacial score (nSPS) is 12.1. The zero-order valence-corrected chi connectivity index (χ0v) is 18.8. The number of nitrogens with one attached hydrogen (secondary N) is 2. The van der Waals surface area contributed by atoms with Crippen molar-refractivity contribution in [3.05, 3.63) is 95.6 Å². The molecule has 0 fully saturated rings. The van der Waals surface area contributed by atoms with Crippen LogP contribution in [0.25, 0.3) is 0 Å². The van der Waals surface area contributed by atoms with Crippen LogP contribution in [0, 0.1) is 6.92 Å². The van der Waals surface area contributed by atoms with Gasteiger partial charge in [-0.3, -0.25) is 4.31 Å². The molecule has 0 heterocycles. The van der Waals surface area contributed by atoms with Crippen molar-refractivity contribution in [3.8, 4) is 0 Å². The summed E-state index contributed by atoms with van der Waals surface area (Å²) in [6.45, 7) is 2.06. The minimum Gasteiger partial charge on any atom is -0.352 e. The van der Waals surface area contributed by atoms with Gasteiger partial charge < -0.3 is 10.6 Å². The van der Waals surface area contributed by atoms with Crippen molar-refractivity contribution in [2.24, 2.45) is 0 Å². The van der Waals surface area contributed by atoms with Crippen LogP contribution >= 0.6 is 12.2 Å². The highest BCUT2D eigenvalue weighted by Crippen LogP contribution is 2.24. The van der Waals surface area contributed by atoms with Crippen LogP contribution in [-0.4, -0.2) is 26.8 Å².